The Kier molecular flexibility index (Phi) is 4.88. The number of aromatic nitrogens is 2. The molecule has 5 saturated carbocycles. The molecule has 1 heterocycles. The molecule has 158 valence electrons. The maximum Gasteiger partial charge on any atom is 0.256 e. The van der Waals surface area contributed by atoms with Crippen LogP contribution >= 0.6 is 11.6 Å². The highest BCUT2D eigenvalue weighted by Gasteiger charge is 2.56. The van der Waals surface area contributed by atoms with Crippen LogP contribution in [0.15, 0.2) is 6.20 Å². The number of hydrogen-bond donors (Lipinski definition) is 2. The van der Waals surface area contributed by atoms with Gasteiger partial charge < -0.3 is 10.6 Å². The average molecular weight is 419 g/mol. The lowest BCUT2D eigenvalue weighted by Crippen LogP contribution is -2.66. The molecule has 4 bridgehead atoms. The van der Waals surface area contributed by atoms with E-state index >= 15 is 0 Å². The standard InChI is InChI=1S/C22H31ClN4O2/c1-13(28)26-22-9-14-7-15(10-22)19(16(8-14)11-22)25-21(29)18-12-24-27(20(18)23)17-5-3-2-4-6-17/h12,14-17,19H,2-11H2,1H3,(H,25,29)(H,26,28). The monoisotopic (exact) mass is 418 g/mol. The van der Waals surface area contributed by atoms with Gasteiger partial charge in [-0.15, -0.1) is 0 Å². The van der Waals surface area contributed by atoms with Crippen molar-refractivity contribution in [3.05, 3.63) is 16.9 Å². The molecule has 1 aromatic rings. The molecule has 2 unspecified atom stereocenters. The molecule has 2 amide bonds. The lowest BCUT2D eigenvalue weighted by molar-refractivity contribution is -0.125. The average Bonchev–Trinajstić information content (AvgIpc) is 3.05. The van der Waals surface area contributed by atoms with Crippen LogP contribution in [0.3, 0.4) is 0 Å². The van der Waals surface area contributed by atoms with Crippen LogP contribution in [0.4, 0.5) is 0 Å². The topological polar surface area (TPSA) is 76.0 Å². The zero-order valence-electron chi connectivity index (χ0n) is 17.1. The van der Waals surface area contributed by atoms with E-state index in [0.717, 1.165) is 44.9 Å². The van der Waals surface area contributed by atoms with Crippen molar-refractivity contribution in [1.82, 2.24) is 20.4 Å². The maximum absolute atomic E-state index is 13.1. The van der Waals surface area contributed by atoms with E-state index in [-0.39, 0.29) is 23.4 Å². The van der Waals surface area contributed by atoms with E-state index in [1.807, 2.05) is 4.68 Å². The van der Waals surface area contributed by atoms with Crippen LogP contribution in [-0.2, 0) is 4.79 Å². The number of carbonyl (C=O) groups excluding carboxylic acids is 2. The Hall–Kier alpha value is -1.56. The second-order valence-electron chi connectivity index (χ2n) is 10.0. The third-order valence-electron chi connectivity index (χ3n) is 7.91. The fourth-order valence-corrected chi connectivity index (χ4v) is 7.41. The lowest BCUT2D eigenvalue weighted by atomic mass is 9.51. The summed E-state index contributed by atoms with van der Waals surface area (Å²) in [5, 5.41) is 11.5. The molecule has 2 atom stereocenters. The maximum atomic E-state index is 13.1. The Morgan fingerprint density at radius 2 is 1.83 bits per heavy atom. The van der Waals surface area contributed by atoms with Crippen LogP contribution in [0.25, 0.3) is 0 Å². The first-order valence-electron chi connectivity index (χ1n) is 11.3. The Morgan fingerprint density at radius 1 is 1.14 bits per heavy atom. The molecule has 6 rings (SSSR count). The summed E-state index contributed by atoms with van der Waals surface area (Å²) >= 11 is 6.59. The van der Waals surface area contributed by atoms with Crippen molar-refractivity contribution >= 4 is 23.4 Å². The van der Waals surface area contributed by atoms with Crippen LogP contribution in [0.5, 0.6) is 0 Å². The number of rotatable bonds is 4. The third-order valence-corrected chi connectivity index (χ3v) is 8.29. The van der Waals surface area contributed by atoms with Crippen molar-refractivity contribution in [2.75, 3.05) is 0 Å². The predicted molar refractivity (Wildman–Crippen MR) is 111 cm³/mol. The summed E-state index contributed by atoms with van der Waals surface area (Å²) in [6.07, 6.45) is 12.8. The highest BCUT2D eigenvalue weighted by Crippen LogP contribution is 2.55. The smallest absolute Gasteiger partial charge is 0.256 e. The Balaban J connectivity index is 1.30. The van der Waals surface area contributed by atoms with Gasteiger partial charge in [0.05, 0.1) is 17.8 Å². The minimum atomic E-state index is -0.0943. The van der Waals surface area contributed by atoms with E-state index in [0.29, 0.717) is 34.5 Å². The summed E-state index contributed by atoms with van der Waals surface area (Å²) in [4.78, 5) is 24.8. The van der Waals surface area contributed by atoms with Gasteiger partial charge in [0.25, 0.3) is 5.91 Å². The largest absolute Gasteiger partial charge is 0.351 e. The van der Waals surface area contributed by atoms with E-state index < -0.39 is 0 Å². The molecule has 5 aliphatic rings. The summed E-state index contributed by atoms with van der Waals surface area (Å²) in [6, 6.07) is 0.492. The van der Waals surface area contributed by atoms with Gasteiger partial charge in [0.2, 0.25) is 5.91 Å². The van der Waals surface area contributed by atoms with Crippen molar-refractivity contribution in [1.29, 1.82) is 0 Å². The number of halogens is 1. The first-order chi connectivity index (χ1) is 13.9. The number of hydrogen-bond acceptors (Lipinski definition) is 3. The van der Waals surface area contributed by atoms with Crippen LogP contribution in [0, 0.1) is 17.8 Å². The van der Waals surface area contributed by atoms with Crippen LogP contribution in [-0.4, -0.2) is 33.2 Å². The molecule has 0 aliphatic heterocycles. The van der Waals surface area contributed by atoms with Crippen molar-refractivity contribution in [3.63, 3.8) is 0 Å². The van der Waals surface area contributed by atoms with Gasteiger partial charge in [-0.05, 0) is 62.7 Å². The van der Waals surface area contributed by atoms with E-state index in [2.05, 4.69) is 15.7 Å². The second-order valence-corrected chi connectivity index (χ2v) is 10.4. The molecule has 0 aromatic carbocycles. The van der Waals surface area contributed by atoms with Gasteiger partial charge in [0.1, 0.15) is 5.15 Å². The molecule has 2 N–H and O–H groups in total. The van der Waals surface area contributed by atoms with Crippen molar-refractivity contribution in [2.45, 2.75) is 88.8 Å². The lowest BCUT2D eigenvalue weighted by Gasteiger charge is -2.60. The molecule has 0 saturated heterocycles. The van der Waals surface area contributed by atoms with E-state index in [9.17, 15) is 9.59 Å². The molecule has 0 radical (unpaired) electrons. The van der Waals surface area contributed by atoms with Gasteiger partial charge in [0, 0.05) is 18.5 Å². The van der Waals surface area contributed by atoms with Crippen molar-refractivity contribution in [3.8, 4) is 0 Å². The molecule has 7 heteroatoms. The van der Waals surface area contributed by atoms with E-state index in [4.69, 9.17) is 11.6 Å². The van der Waals surface area contributed by atoms with Gasteiger partial charge in [-0.3, -0.25) is 14.3 Å². The highest BCUT2D eigenvalue weighted by atomic mass is 35.5. The van der Waals surface area contributed by atoms with E-state index in [1.54, 1.807) is 13.1 Å². The molecule has 5 fully saturated rings. The molecule has 1 aromatic heterocycles. The Labute approximate surface area is 177 Å². The number of amides is 2. The summed E-state index contributed by atoms with van der Waals surface area (Å²) in [7, 11) is 0. The van der Waals surface area contributed by atoms with Gasteiger partial charge in [-0.2, -0.15) is 5.10 Å². The first kappa shape index (κ1) is 19.4. The summed E-state index contributed by atoms with van der Waals surface area (Å²) in [5.74, 6) is 1.51. The normalized spacial score (nSPS) is 36.2. The number of nitrogens with zero attached hydrogens (tertiary/aromatic N) is 2. The van der Waals surface area contributed by atoms with Gasteiger partial charge in [-0.1, -0.05) is 30.9 Å². The molecule has 0 spiro atoms. The fourth-order valence-electron chi connectivity index (χ4n) is 7.10. The molecular formula is C22H31ClN4O2. The zero-order valence-corrected chi connectivity index (χ0v) is 17.9. The van der Waals surface area contributed by atoms with Crippen LogP contribution in [0.2, 0.25) is 5.15 Å². The second kappa shape index (κ2) is 7.29. The van der Waals surface area contributed by atoms with Crippen molar-refractivity contribution in [2.24, 2.45) is 17.8 Å². The minimum absolute atomic E-state index is 0.0485. The quantitative estimate of drug-likeness (QED) is 0.779. The van der Waals surface area contributed by atoms with Gasteiger partial charge in [0.15, 0.2) is 0 Å². The fraction of sp³-hybridized carbons (Fsp3) is 0.773. The van der Waals surface area contributed by atoms with Gasteiger partial charge in [-0.25, -0.2) is 0 Å². The molecule has 29 heavy (non-hydrogen) atoms. The van der Waals surface area contributed by atoms with Crippen molar-refractivity contribution < 1.29 is 9.59 Å². The SMILES string of the molecule is CC(=O)NC12CC3CC(C1)C(NC(=O)c1cnn(C4CCCCC4)c1Cl)C(C3)C2. The third kappa shape index (κ3) is 3.47. The van der Waals surface area contributed by atoms with Crippen LogP contribution < -0.4 is 10.6 Å². The molecular weight excluding hydrogens is 388 g/mol. The van der Waals surface area contributed by atoms with Gasteiger partial charge >= 0.3 is 0 Å². The van der Waals surface area contributed by atoms with Crippen LogP contribution in [0.1, 0.15) is 87.5 Å². The first-order valence-corrected chi connectivity index (χ1v) is 11.6. The number of nitrogens with one attached hydrogen (secondary N) is 2. The zero-order chi connectivity index (χ0) is 20.2. The summed E-state index contributed by atoms with van der Waals surface area (Å²) in [5.41, 5.74) is 0.454. The van der Waals surface area contributed by atoms with E-state index in [1.165, 1.54) is 19.3 Å². The Morgan fingerprint density at radius 3 is 2.48 bits per heavy atom. The summed E-state index contributed by atoms with van der Waals surface area (Å²) in [6.45, 7) is 1.61. The highest BCUT2D eigenvalue weighted by molar-refractivity contribution is 6.32. The number of carbonyl (C=O) groups is 2. The minimum Gasteiger partial charge on any atom is -0.351 e. The predicted octanol–water partition coefficient (Wildman–Crippen LogP) is 3.85. The molecule has 6 nitrogen and oxygen atoms in total. The summed E-state index contributed by atoms with van der Waals surface area (Å²) < 4.78 is 1.86. The molecule has 5 aliphatic carbocycles. The Bertz CT molecular complexity index is 800.